The van der Waals surface area contributed by atoms with Crippen molar-refractivity contribution >= 4 is 0 Å². The van der Waals surface area contributed by atoms with Crippen LogP contribution in [0.25, 0.3) is 0 Å². The summed E-state index contributed by atoms with van der Waals surface area (Å²) in [6, 6.07) is 0. The van der Waals surface area contributed by atoms with E-state index in [1.54, 1.807) is 7.11 Å². The molecule has 0 heterocycles. The molecule has 0 rings (SSSR count). The molecule has 0 unspecified atom stereocenters. The Hall–Kier alpha value is -1.50. The first-order valence-electron chi connectivity index (χ1n) is 5.59. The Morgan fingerprint density at radius 3 is 2.38 bits per heavy atom. The fraction of sp³-hybridized carbons (Fsp3) is 0.333. The predicted molar refractivity (Wildman–Crippen MR) is 72.2 cm³/mol. The molecule has 0 spiro atoms. The van der Waals surface area contributed by atoms with Gasteiger partial charge in [0.15, 0.2) is 0 Å². The molecule has 0 saturated carbocycles. The first-order chi connectivity index (χ1) is 7.69. The molecule has 88 valence electrons. The minimum Gasteiger partial charge on any atom is -0.497 e. The van der Waals surface area contributed by atoms with E-state index in [2.05, 4.69) is 19.6 Å². The normalized spacial score (nSPS) is 13.8. The lowest BCUT2D eigenvalue weighted by molar-refractivity contribution is 0.306. The summed E-state index contributed by atoms with van der Waals surface area (Å²) in [5.74, 6) is 0.850. The van der Waals surface area contributed by atoms with Gasteiger partial charge in [0.2, 0.25) is 0 Å². The molecule has 0 atom stereocenters. The summed E-state index contributed by atoms with van der Waals surface area (Å²) in [5.41, 5.74) is 2.26. The second-order valence-corrected chi connectivity index (χ2v) is 3.32. The van der Waals surface area contributed by atoms with Crippen LogP contribution >= 0.6 is 0 Å². The maximum Gasteiger partial charge on any atom is 0.114 e. The largest absolute Gasteiger partial charge is 0.497 e. The van der Waals surface area contributed by atoms with Crippen LogP contribution < -0.4 is 0 Å². The molecule has 1 heteroatoms. The minimum absolute atomic E-state index is 0.850. The Kier molecular flexibility index (Phi) is 7.96. The third kappa shape index (κ3) is 5.40. The zero-order valence-electron chi connectivity index (χ0n) is 10.8. The highest BCUT2D eigenvalue weighted by atomic mass is 16.5. The van der Waals surface area contributed by atoms with E-state index < -0.39 is 0 Å². The van der Waals surface area contributed by atoms with Crippen LogP contribution in [0, 0.1) is 0 Å². The Morgan fingerprint density at radius 2 is 1.94 bits per heavy atom. The summed E-state index contributed by atoms with van der Waals surface area (Å²) in [6.07, 6.45) is 13.0. The maximum absolute atomic E-state index is 5.14. The Labute approximate surface area is 99.5 Å². The molecule has 0 aromatic heterocycles. The quantitative estimate of drug-likeness (QED) is 0.469. The van der Waals surface area contributed by atoms with Gasteiger partial charge in [-0.15, -0.1) is 0 Å². The number of rotatable bonds is 6. The van der Waals surface area contributed by atoms with Gasteiger partial charge >= 0.3 is 0 Å². The lowest BCUT2D eigenvalue weighted by atomic mass is 10.0. The van der Waals surface area contributed by atoms with Crippen LogP contribution in [-0.4, -0.2) is 7.11 Å². The maximum atomic E-state index is 5.14. The van der Waals surface area contributed by atoms with Gasteiger partial charge in [-0.2, -0.15) is 0 Å². The van der Waals surface area contributed by atoms with Crippen molar-refractivity contribution in [2.75, 3.05) is 7.11 Å². The third-order valence-electron chi connectivity index (χ3n) is 2.25. The Balaban J connectivity index is 4.67. The highest BCUT2D eigenvalue weighted by Crippen LogP contribution is 2.14. The molecule has 0 saturated heterocycles. The fourth-order valence-corrected chi connectivity index (χ4v) is 1.24. The van der Waals surface area contributed by atoms with Crippen LogP contribution in [0.1, 0.15) is 27.2 Å². The van der Waals surface area contributed by atoms with Crippen molar-refractivity contribution in [3.63, 3.8) is 0 Å². The first-order valence-corrected chi connectivity index (χ1v) is 5.59. The average molecular weight is 218 g/mol. The summed E-state index contributed by atoms with van der Waals surface area (Å²) in [7, 11) is 1.67. The first kappa shape index (κ1) is 14.5. The van der Waals surface area contributed by atoms with Crippen LogP contribution in [0.5, 0.6) is 0 Å². The van der Waals surface area contributed by atoms with Crippen molar-refractivity contribution in [3.05, 3.63) is 59.9 Å². The smallest absolute Gasteiger partial charge is 0.114 e. The Bertz CT molecular complexity index is 327. The van der Waals surface area contributed by atoms with Crippen LogP contribution in [0.15, 0.2) is 59.9 Å². The van der Waals surface area contributed by atoms with Gasteiger partial charge in [-0.1, -0.05) is 37.8 Å². The summed E-state index contributed by atoms with van der Waals surface area (Å²) in [6.45, 7) is 10.1. The van der Waals surface area contributed by atoms with Crippen LogP contribution in [0.3, 0.4) is 0 Å². The lowest BCUT2D eigenvalue weighted by Crippen LogP contribution is -1.85. The van der Waals surface area contributed by atoms with Crippen LogP contribution in [0.4, 0.5) is 0 Å². The molecular formula is C15H22O. The van der Waals surface area contributed by atoms with Gasteiger partial charge in [0.25, 0.3) is 0 Å². The van der Waals surface area contributed by atoms with Gasteiger partial charge in [-0.25, -0.2) is 0 Å². The summed E-state index contributed by atoms with van der Waals surface area (Å²) in [5, 5.41) is 0. The molecule has 0 N–H and O–H groups in total. The molecule has 0 fully saturated rings. The topological polar surface area (TPSA) is 9.23 Å². The highest BCUT2D eigenvalue weighted by Gasteiger charge is 1.95. The van der Waals surface area contributed by atoms with E-state index in [4.69, 9.17) is 4.74 Å². The second-order valence-electron chi connectivity index (χ2n) is 3.32. The monoisotopic (exact) mass is 218 g/mol. The van der Waals surface area contributed by atoms with Crippen molar-refractivity contribution in [1.29, 1.82) is 0 Å². The molecule has 0 aromatic rings. The average Bonchev–Trinajstić information content (AvgIpc) is 2.31. The van der Waals surface area contributed by atoms with Crippen molar-refractivity contribution in [2.45, 2.75) is 27.2 Å². The van der Waals surface area contributed by atoms with E-state index in [1.165, 1.54) is 5.57 Å². The van der Waals surface area contributed by atoms with E-state index >= 15 is 0 Å². The molecular weight excluding hydrogens is 196 g/mol. The lowest BCUT2D eigenvalue weighted by Gasteiger charge is -2.03. The molecule has 0 aliphatic heterocycles. The van der Waals surface area contributed by atoms with Gasteiger partial charge < -0.3 is 4.74 Å². The number of hydrogen-bond donors (Lipinski definition) is 0. The molecule has 16 heavy (non-hydrogen) atoms. The molecule has 0 aliphatic carbocycles. The van der Waals surface area contributed by atoms with Crippen molar-refractivity contribution < 1.29 is 4.74 Å². The molecule has 0 radical (unpaired) electrons. The van der Waals surface area contributed by atoms with E-state index in [9.17, 15) is 0 Å². The van der Waals surface area contributed by atoms with Gasteiger partial charge in [-0.3, -0.25) is 0 Å². The summed E-state index contributed by atoms with van der Waals surface area (Å²) in [4.78, 5) is 0. The predicted octanol–water partition coefficient (Wildman–Crippen LogP) is 4.56. The van der Waals surface area contributed by atoms with Crippen LogP contribution in [0.2, 0.25) is 0 Å². The Morgan fingerprint density at radius 1 is 1.25 bits per heavy atom. The second kappa shape index (κ2) is 8.78. The standard InChI is InChI=1S/C15H22O/c1-6-9-10-14(7-2)13(4)11-12-15(8-3)16-5/h6,8-12H,4,7H2,1-3,5H3. The molecule has 0 aromatic carbocycles. The third-order valence-corrected chi connectivity index (χ3v) is 2.25. The summed E-state index contributed by atoms with van der Waals surface area (Å²) >= 11 is 0. The fourth-order valence-electron chi connectivity index (χ4n) is 1.24. The SMILES string of the molecule is C=C(C=CC(=CC)OC)C(=CC=CC)CC. The van der Waals surface area contributed by atoms with Gasteiger partial charge in [-0.05, 0) is 43.6 Å². The molecule has 1 nitrogen and oxygen atoms in total. The van der Waals surface area contributed by atoms with E-state index in [-0.39, 0.29) is 0 Å². The molecule has 0 bridgehead atoms. The number of allylic oxidation sites excluding steroid dienone is 8. The number of ether oxygens (including phenoxy) is 1. The van der Waals surface area contributed by atoms with Crippen molar-refractivity contribution in [2.24, 2.45) is 0 Å². The van der Waals surface area contributed by atoms with E-state index in [1.807, 2.05) is 44.2 Å². The molecule has 0 aliphatic rings. The number of methoxy groups -OCH3 is 1. The highest BCUT2D eigenvalue weighted by molar-refractivity contribution is 5.40. The van der Waals surface area contributed by atoms with E-state index in [0.717, 1.165) is 17.8 Å². The minimum atomic E-state index is 0.850. The van der Waals surface area contributed by atoms with Gasteiger partial charge in [0.05, 0.1) is 7.11 Å². The number of hydrogen-bond acceptors (Lipinski definition) is 1. The zero-order valence-corrected chi connectivity index (χ0v) is 10.8. The van der Waals surface area contributed by atoms with E-state index in [0.29, 0.717) is 0 Å². The molecule has 0 amide bonds. The zero-order chi connectivity index (χ0) is 12.4. The van der Waals surface area contributed by atoms with Crippen molar-refractivity contribution in [3.8, 4) is 0 Å². The van der Waals surface area contributed by atoms with Gasteiger partial charge in [0.1, 0.15) is 5.76 Å². The van der Waals surface area contributed by atoms with Crippen molar-refractivity contribution in [1.82, 2.24) is 0 Å². The van der Waals surface area contributed by atoms with Crippen LogP contribution in [-0.2, 0) is 4.74 Å². The van der Waals surface area contributed by atoms with Gasteiger partial charge in [0, 0.05) is 0 Å². The summed E-state index contributed by atoms with van der Waals surface area (Å²) < 4.78 is 5.14.